The number of rotatable bonds is 4. The Morgan fingerprint density at radius 3 is 3.00 bits per heavy atom. The number of imidazole rings is 1. The van der Waals surface area contributed by atoms with E-state index in [0.29, 0.717) is 6.54 Å². The van der Waals surface area contributed by atoms with Crippen LogP contribution in [-0.2, 0) is 13.0 Å². The van der Waals surface area contributed by atoms with E-state index in [1.807, 2.05) is 24.7 Å². The average molecular weight is 242 g/mol. The van der Waals surface area contributed by atoms with Crippen LogP contribution in [0.4, 0.5) is 0 Å². The molecule has 0 aromatic carbocycles. The highest BCUT2D eigenvalue weighted by molar-refractivity contribution is 7.16. The fourth-order valence-corrected chi connectivity index (χ4v) is 2.54. The minimum atomic E-state index is 0.650. The predicted molar refractivity (Wildman–Crippen MR) is 63.4 cm³/mol. The normalized spacial score (nSPS) is 10.8. The van der Waals surface area contributed by atoms with Gasteiger partial charge < -0.3 is 10.3 Å². The quantitative estimate of drug-likeness (QED) is 0.892. The number of halogens is 1. The van der Waals surface area contributed by atoms with Crippen molar-refractivity contribution in [2.75, 3.05) is 6.54 Å². The molecule has 0 aliphatic carbocycles. The molecular weight excluding hydrogens is 230 g/mol. The summed E-state index contributed by atoms with van der Waals surface area (Å²) in [6.07, 6.45) is 4.56. The molecular formula is C10H12ClN3S. The second-order valence-corrected chi connectivity index (χ2v) is 5.06. The van der Waals surface area contributed by atoms with Crippen LogP contribution in [0.3, 0.4) is 0 Å². The standard InChI is InChI=1S/C10H12ClN3S/c11-10-2-1-9(15-10)6-14-7-13-5-8(14)3-4-12/h1-2,5,7H,3-4,6,12H2. The van der Waals surface area contributed by atoms with E-state index in [9.17, 15) is 0 Å². The summed E-state index contributed by atoms with van der Waals surface area (Å²) in [6, 6.07) is 3.96. The van der Waals surface area contributed by atoms with Crippen LogP contribution in [0, 0.1) is 0 Å². The van der Waals surface area contributed by atoms with Crippen LogP contribution in [0.1, 0.15) is 10.6 Å². The second kappa shape index (κ2) is 4.79. The zero-order valence-corrected chi connectivity index (χ0v) is 9.76. The molecule has 5 heteroatoms. The van der Waals surface area contributed by atoms with Gasteiger partial charge >= 0.3 is 0 Å². The third-order valence-corrected chi connectivity index (χ3v) is 3.37. The molecule has 0 radical (unpaired) electrons. The molecule has 2 rings (SSSR count). The Morgan fingerprint density at radius 1 is 1.47 bits per heavy atom. The number of thiophene rings is 1. The molecule has 0 fully saturated rings. The lowest BCUT2D eigenvalue weighted by Gasteiger charge is -2.04. The smallest absolute Gasteiger partial charge is 0.0951 e. The number of aromatic nitrogens is 2. The summed E-state index contributed by atoms with van der Waals surface area (Å²) in [5.74, 6) is 0. The molecule has 0 atom stereocenters. The summed E-state index contributed by atoms with van der Waals surface area (Å²) in [7, 11) is 0. The minimum absolute atomic E-state index is 0.650. The van der Waals surface area contributed by atoms with Crippen LogP contribution in [0.2, 0.25) is 4.34 Å². The van der Waals surface area contributed by atoms with Crippen molar-refractivity contribution in [2.45, 2.75) is 13.0 Å². The molecule has 0 saturated heterocycles. The van der Waals surface area contributed by atoms with E-state index in [1.165, 1.54) is 10.6 Å². The Kier molecular flexibility index (Phi) is 3.41. The Morgan fingerprint density at radius 2 is 2.33 bits per heavy atom. The molecule has 3 nitrogen and oxygen atoms in total. The van der Waals surface area contributed by atoms with Gasteiger partial charge in [-0.25, -0.2) is 4.98 Å². The van der Waals surface area contributed by atoms with Crippen LogP contribution in [0.15, 0.2) is 24.7 Å². The summed E-state index contributed by atoms with van der Waals surface area (Å²) in [4.78, 5) is 5.36. The molecule has 80 valence electrons. The van der Waals surface area contributed by atoms with E-state index in [0.717, 1.165) is 17.3 Å². The molecule has 0 amide bonds. The highest BCUT2D eigenvalue weighted by atomic mass is 35.5. The molecule has 0 unspecified atom stereocenters. The molecule has 2 N–H and O–H groups in total. The van der Waals surface area contributed by atoms with Crippen molar-refractivity contribution >= 4 is 22.9 Å². The lowest BCUT2D eigenvalue weighted by molar-refractivity contribution is 0.741. The lowest BCUT2D eigenvalue weighted by Crippen LogP contribution is -2.08. The monoisotopic (exact) mass is 241 g/mol. The second-order valence-electron chi connectivity index (χ2n) is 3.26. The molecule has 2 aromatic heterocycles. The van der Waals surface area contributed by atoms with Crippen LogP contribution < -0.4 is 5.73 Å². The van der Waals surface area contributed by atoms with Gasteiger partial charge in [0.15, 0.2) is 0 Å². The van der Waals surface area contributed by atoms with Crippen LogP contribution in [0.5, 0.6) is 0 Å². The van der Waals surface area contributed by atoms with E-state index in [1.54, 1.807) is 11.3 Å². The summed E-state index contributed by atoms with van der Waals surface area (Å²) in [5.41, 5.74) is 6.70. The topological polar surface area (TPSA) is 43.8 Å². The maximum Gasteiger partial charge on any atom is 0.0951 e. The first-order valence-corrected chi connectivity index (χ1v) is 5.92. The third-order valence-electron chi connectivity index (χ3n) is 2.15. The van der Waals surface area contributed by atoms with E-state index in [-0.39, 0.29) is 0 Å². The Labute approximate surface area is 97.5 Å². The molecule has 2 heterocycles. The van der Waals surface area contributed by atoms with E-state index in [4.69, 9.17) is 17.3 Å². The summed E-state index contributed by atoms with van der Waals surface area (Å²) in [6.45, 7) is 1.48. The highest BCUT2D eigenvalue weighted by Crippen LogP contribution is 2.22. The van der Waals surface area contributed by atoms with Gasteiger partial charge in [0.25, 0.3) is 0 Å². The SMILES string of the molecule is NCCc1cncn1Cc1ccc(Cl)s1. The lowest BCUT2D eigenvalue weighted by atomic mass is 10.3. The molecule has 0 bridgehead atoms. The van der Waals surface area contributed by atoms with Crippen LogP contribution >= 0.6 is 22.9 Å². The number of hydrogen-bond donors (Lipinski definition) is 1. The summed E-state index contributed by atoms with van der Waals surface area (Å²) >= 11 is 7.47. The van der Waals surface area contributed by atoms with Crippen molar-refractivity contribution in [1.29, 1.82) is 0 Å². The summed E-state index contributed by atoms with van der Waals surface area (Å²) in [5, 5.41) is 0. The molecule has 2 aromatic rings. The maximum atomic E-state index is 5.88. The minimum Gasteiger partial charge on any atom is -0.330 e. The highest BCUT2D eigenvalue weighted by Gasteiger charge is 2.03. The van der Waals surface area contributed by atoms with Gasteiger partial charge in [-0.05, 0) is 18.7 Å². The predicted octanol–water partition coefficient (Wildman–Crippen LogP) is 2.15. The molecule has 0 aliphatic rings. The molecule has 15 heavy (non-hydrogen) atoms. The number of nitrogens with two attached hydrogens (primary N) is 1. The van der Waals surface area contributed by atoms with Crippen molar-refractivity contribution in [3.05, 3.63) is 39.6 Å². The zero-order chi connectivity index (χ0) is 10.7. The van der Waals surface area contributed by atoms with Crippen LogP contribution in [-0.4, -0.2) is 16.1 Å². The van der Waals surface area contributed by atoms with Crippen LogP contribution in [0.25, 0.3) is 0 Å². The Balaban J connectivity index is 2.13. The average Bonchev–Trinajstić information content (AvgIpc) is 2.78. The van der Waals surface area contributed by atoms with E-state index in [2.05, 4.69) is 9.55 Å². The first-order chi connectivity index (χ1) is 7.29. The van der Waals surface area contributed by atoms with Gasteiger partial charge in [-0.3, -0.25) is 0 Å². The first kappa shape index (κ1) is 10.7. The van der Waals surface area contributed by atoms with Gasteiger partial charge in [0.2, 0.25) is 0 Å². The molecule has 0 aliphatic heterocycles. The first-order valence-electron chi connectivity index (χ1n) is 4.73. The maximum absolute atomic E-state index is 5.88. The van der Waals surface area contributed by atoms with Gasteiger partial charge in [0, 0.05) is 23.2 Å². The van der Waals surface area contributed by atoms with Gasteiger partial charge in [0.1, 0.15) is 0 Å². The fourth-order valence-electron chi connectivity index (χ4n) is 1.45. The van der Waals surface area contributed by atoms with Crippen molar-refractivity contribution in [3.8, 4) is 0 Å². The largest absolute Gasteiger partial charge is 0.330 e. The molecule has 0 spiro atoms. The van der Waals surface area contributed by atoms with Gasteiger partial charge in [-0.15, -0.1) is 11.3 Å². The number of hydrogen-bond acceptors (Lipinski definition) is 3. The Hall–Kier alpha value is -0.840. The van der Waals surface area contributed by atoms with Crippen molar-refractivity contribution < 1.29 is 0 Å². The van der Waals surface area contributed by atoms with Crippen molar-refractivity contribution in [3.63, 3.8) is 0 Å². The summed E-state index contributed by atoms with van der Waals surface area (Å²) < 4.78 is 2.93. The number of nitrogens with zero attached hydrogens (tertiary/aromatic N) is 2. The van der Waals surface area contributed by atoms with E-state index >= 15 is 0 Å². The van der Waals surface area contributed by atoms with Crippen molar-refractivity contribution in [1.82, 2.24) is 9.55 Å². The molecule has 0 saturated carbocycles. The zero-order valence-electron chi connectivity index (χ0n) is 8.19. The van der Waals surface area contributed by atoms with Gasteiger partial charge in [-0.2, -0.15) is 0 Å². The van der Waals surface area contributed by atoms with Crippen molar-refractivity contribution in [2.24, 2.45) is 5.73 Å². The van der Waals surface area contributed by atoms with Gasteiger partial charge in [-0.1, -0.05) is 11.6 Å². The van der Waals surface area contributed by atoms with Gasteiger partial charge in [0.05, 0.1) is 17.2 Å². The Bertz CT molecular complexity index is 435. The van der Waals surface area contributed by atoms with E-state index < -0.39 is 0 Å². The fraction of sp³-hybridized carbons (Fsp3) is 0.300. The third kappa shape index (κ3) is 2.59.